The highest BCUT2D eigenvalue weighted by Gasteiger charge is 2.13. The van der Waals surface area contributed by atoms with Crippen LogP contribution in [0.15, 0.2) is 18.2 Å². The van der Waals surface area contributed by atoms with E-state index in [1.54, 1.807) is 32.4 Å². The molecule has 106 valence electrons. The van der Waals surface area contributed by atoms with E-state index in [4.69, 9.17) is 9.47 Å². The lowest BCUT2D eigenvalue weighted by Crippen LogP contribution is -2.16. The molecule has 0 radical (unpaired) electrons. The van der Waals surface area contributed by atoms with Gasteiger partial charge in [-0.15, -0.1) is 0 Å². The fraction of sp³-hybridized carbons (Fsp3) is 0.533. The lowest BCUT2D eigenvalue weighted by Gasteiger charge is -2.14. The Hall–Kier alpha value is -1.71. The molecule has 1 aromatic carbocycles. The quantitative estimate of drug-likeness (QED) is 0.821. The van der Waals surface area contributed by atoms with Gasteiger partial charge in [0.05, 0.1) is 19.9 Å². The molecular weight excluding hydrogens is 242 g/mol. The summed E-state index contributed by atoms with van der Waals surface area (Å²) in [4.78, 5) is 12.0. The number of benzene rings is 1. The topological polar surface area (TPSA) is 47.6 Å². The van der Waals surface area contributed by atoms with E-state index >= 15 is 0 Å². The van der Waals surface area contributed by atoms with Crippen LogP contribution in [0.25, 0.3) is 0 Å². The van der Waals surface area contributed by atoms with Crippen LogP contribution in [0.1, 0.15) is 33.1 Å². The van der Waals surface area contributed by atoms with Crippen molar-refractivity contribution in [3.05, 3.63) is 18.2 Å². The molecule has 0 fully saturated rings. The standard InChI is InChI=1S/C15H23NO3/c1-5-11(6-2)9-15(17)16-13-8-7-12(18-3)10-14(13)19-4/h7-8,10-11H,5-6,9H2,1-4H3,(H,16,17). The van der Waals surface area contributed by atoms with E-state index in [9.17, 15) is 4.79 Å². The lowest BCUT2D eigenvalue weighted by molar-refractivity contribution is -0.117. The molecule has 0 saturated carbocycles. The molecule has 0 bridgehead atoms. The highest BCUT2D eigenvalue weighted by Crippen LogP contribution is 2.29. The average Bonchev–Trinajstić information content (AvgIpc) is 2.45. The predicted molar refractivity (Wildman–Crippen MR) is 76.9 cm³/mol. The van der Waals surface area contributed by atoms with E-state index in [1.807, 2.05) is 0 Å². The maximum Gasteiger partial charge on any atom is 0.224 e. The van der Waals surface area contributed by atoms with Crippen LogP contribution in [0.4, 0.5) is 5.69 Å². The summed E-state index contributed by atoms with van der Waals surface area (Å²) in [6.07, 6.45) is 2.58. The van der Waals surface area contributed by atoms with Gasteiger partial charge in [-0.2, -0.15) is 0 Å². The monoisotopic (exact) mass is 265 g/mol. The van der Waals surface area contributed by atoms with Crippen LogP contribution in [0, 0.1) is 5.92 Å². The van der Waals surface area contributed by atoms with Crippen LogP contribution in [0.3, 0.4) is 0 Å². The molecule has 0 aliphatic carbocycles. The van der Waals surface area contributed by atoms with Crippen LogP contribution in [-0.4, -0.2) is 20.1 Å². The first-order chi connectivity index (χ1) is 9.14. The number of anilines is 1. The van der Waals surface area contributed by atoms with Crippen LogP contribution in [0.5, 0.6) is 11.5 Å². The second-order valence-electron chi connectivity index (χ2n) is 4.50. The first kappa shape index (κ1) is 15.3. The zero-order chi connectivity index (χ0) is 14.3. The lowest BCUT2D eigenvalue weighted by atomic mass is 9.99. The Labute approximate surface area is 115 Å². The van der Waals surface area contributed by atoms with Gasteiger partial charge in [0, 0.05) is 12.5 Å². The minimum Gasteiger partial charge on any atom is -0.497 e. The predicted octanol–water partition coefficient (Wildman–Crippen LogP) is 3.47. The van der Waals surface area contributed by atoms with E-state index in [0.29, 0.717) is 29.5 Å². The van der Waals surface area contributed by atoms with Gasteiger partial charge < -0.3 is 14.8 Å². The summed E-state index contributed by atoms with van der Waals surface area (Å²) < 4.78 is 10.4. The van der Waals surface area contributed by atoms with Gasteiger partial charge in [0.15, 0.2) is 0 Å². The van der Waals surface area contributed by atoms with Gasteiger partial charge in [-0.25, -0.2) is 0 Å². The molecular formula is C15H23NO3. The third-order valence-electron chi connectivity index (χ3n) is 3.31. The Morgan fingerprint density at radius 1 is 1.21 bits per heavy atom. The van der Waals surface area contributed by atoms with Crippen molar-refractivity contribution in [2.45, 2.75) is 33.1 Å². The normalized spacial score (nSPS) is 10.4. The molecule has 0 atom stereocenters. The van der Waals surface area contributed by atoms with Gasteiger partial charge in [0.25, 0.3) is 0 Å². The highest BCUT2D eigenvalue weighted by molar-refractivity contribution is 5.92. The van der Waals surface area contributed by atoms with Crippen molar-refractivity contribution >= 4 is 11.6 Å². The van der Waals surface area contributed by atoms with E-state index < -0.39 is 0 Å². The minimum absolute atomic E-state index is 0.0252. The van der Waals surface area contributed by atoms with Crippen molar-refractivity contribution < 1.29 is 14.3 Å². The van der Waals surface area contributed by atoms with Crippen molar-refractivity contribution in [2.75, 3.05) is 19.5 Å². The first-order valence-electron chi connectivity index (χ1n) is 6.66. The van der Waals surface area contributed by atoms with Gasteiger partial charge >= 0.3 is 0 Å². The van der Waals surface area contributed by atoms with Crippen LogP contribution < -0.4 is 14.8 Å². The molecule has 0 aliphatic rings. The van der Waals surface area contributed by atoms with E-state index in [1.165, 1.54) is 0 Å². The summed E-state index contributed by atoms with van der Waals surface area (Å²) in [6, 6.07) is 5.35. The molecule has 0 aliphatic heterocycles. The first-order valence-corrected chi connectivity index (χ1v) is 6.66. The summed E-state index contributed by atoms with van der Waals surface area (Å²) in [5.74, 6) is 1.77. The summed E-state index contributed by atoms with van der Waals surface area (Å²) in [5, 5.41) is 2.89. The number of hydrogen-bond donors (Lipinski definition) is 1. The van der Waals surface area contributed by atoms with Crippen molar-refractivity contribution in [1.29, 1.82) is 0 Å². The molecule has 0 spiro atoms. The van der Waals surface area contributed by atoms with Gasteiger partial charge in [0.2, 0.25) is 5.91 Å². The molecule has 1 rings (SSSR count). The molecule has 0 saturated heterocycles. The van der Waals surface area contributed by atoms with Crippen molar-refractivity contribution in [2.24, 2.45) is 5.92 Å². The maximum atomic E-state index is 12.0. The Bertz CT molecular complexity index is 414. The zero-order valence-electron chi connectivity index (χ0n) is 12.2. The molecule has 1 aromatic rings. The second-order valence-corrected chi connectivity index (χ2v) is 4.50. The number of ether oxygens (including phenoxy) is 2. The van der Waals surface area contributed by atoms with E-state index in [2.05, 4.69) is 19.2 Å². The van der Waals surface area contributed by atoms with Crippen molar-refractivity contribution in [1.82, 2.24) is 0 Å². The molecule has 4 heteroatoms. The van der Waals surface area contributed by atoms with Crippen molar-refractivity contribution in [3.63, 3.8) is 0 Å². The molecule has 0 aromatic heterocycles. The average molecular weight is 265 g/mol. The Morgan fingerprint density at radius 2 is 1.89 bits per heavy atom. The Kier molecular flexibility index (Phi) is 6.19. The Morgan fingerprint density at radius 3 is 2.42 bits per heavy atom. The summed E-state index contributed by atoms with van der Waals surface area (Å²) in [6.45, 7) is 4.21. The fourth-order valence-electron chi connectivity index (χ4n) is 1.94. The van der Waals surface area contributed by atoms with Crippen LogP contribution in [0.2, 0.25) is 0 Å². The van der Waals surface area contributed by atoms with Crippen LogP contribution >= 0.6 is 0 Å². The fourth-order valence-corrected chi connectivity index (χ4v) is 1.94. The molecule has 4 nitrogen and oxygen atoms in total. The number of rotatable bonds is 7. The zero-order valence-corrected chi connectivity index (χ0v) is 12.2. The van der Waals surface area contributed by atoms with E-state index in [-0.39, 0.29) is 5.91 Å². The maximum absolute atomic E-state index is 12.0. The number of hydrogen-bond acceptors (Lipinski definition) is 3. The number of amides is 1. The van der Waals surface area contributed by atoms with E-state index in [0.717, 1.165) is 12.8 Å². The third-order valence-corrected chi connectivity index (χ3v) is 3.31. The summed E-state index contributed by atoms with van der Waals surface area (Å²) in [5.41, 5.74) is 0.680. The second kappa shape index (κ2) is 7.67. The third kappa shape index (κ3) is 4.47. The van der Waals surface area contributed by atoms with Gasteiger partial charge in [0.1, 0.15) is 11.5 Å². The molecule has 19 heavy (non-hydrogen) atoms. The molecule has 0 heterocycles. The van der Waals surface area contributed by atoms with Gasteiger partial charge in [-0.3, -0.25) is 4.79 Å². The molecule has 1 N–H and O–H groups in total. The van der Waals surface area contributed by atoms with Gasteiger partial charge in [-0.05, 0) is 18.1 Å². The largest absolute Gasteiger partial charge is 0.497 e. The highest BCUT2D eigenvalue weighted by atomic mass is 16.5. The Balaban J connectivity index is 2.73. The SMILES string of the molecule is CCC(CC)CC(=O)Nc1ccc(OC)cc1OC. The van der Waals surface area contributed by atoms with Gasteiger partial charge in [-0.1, -0.05) is 26.7 Å². The smallest absolute Gasteiger partial charge is 0.224 e. The summed E-state index contributed by atoms with van der Waals surface area (Å²) in [7, 11) is 3.17. The number of nitrogens with one attached hydrogen (secondary N) is 1. The number of carbonyl (C=O) groups excluding carboxylic acids is 1. The number of carbonyl (C=O) groups is 1. The van der Waals surface area contributed by atoms with Crippen molar-refractivity contribution in [3.8, 4) is 11.5 Å². The van der Waals surface area contributed by atoms with Crippen LogP contribution in [-0.2, 0) is 4.79 Å². The molecule has 0 unspecified atom stereocenters. The minimum atomic E-state index is 0.0252. The number of methoxy groups -OCH3 is 2. The summed E-state index contributed by atoms with van der Waals surface area (Å²) >= 11 is 0. The molecule has 1 amide bonds.